The van der Waals surface area contributed by atoms with Crippen molar-refractivity contribution < 1.29 is 9.59 Å². The molecule has 2 aromatic carbocycles. The highest BCUT2D eigenvalue weighted by Gasteiger charge is 2.31. The Balaban J connectivity index is 2.24. The Morgan fingerprint density at radius 2 is 1.35 bits per heavy atom. The van der Waals surface area contributed by atoms with E-state index in [0.29, 0.717) is 11.1 Å². The molecule has 1 aliphatic heterocycles. The zero-order valence-electron chi connectivity index (χ0n) is 11.0. The summed E-state index contributed by atoms with van der Waals surface area (Å²) in [4.78, 5) is 24.2. The van der Waals surface area contributed by atoms with Gasteiger partial charge in [0.2, 0.25) is 0 Å². The van der Waals surface area contributed by atoms with Gasteiger partial charge >= 0.3 is 0 Å². The summed E-state index contributed by atoms with van der Waals surface area (Å²) in [6.45, 7) is 1.96. The topological polar surface area (TPSA) is 46.2 Å². The highest BCUT2D eigenvalue weighted by Crippen LogP contribution is 2.31. The number of nitrogens with one attached hydrogen (secondary N) is 1. The van der Waals surface area contributed by atoms with Gasteiger partial charge < -0.3 is 0 Å². The number of hydrogen-bond donors (Lipinski definition) is 1. The van der Waals surface area contributed by atoms with Crippen molar-refractivity contribution in [1.82, 2.24) is 5.32 Å². The summed E-state index contributed by atoms with van der Waals surface area (Å²) < 4.78 is 0. The minimum atomic E-state index is -0.335. The van der Waals surface area contributed by atoms with E-state index >= 15 is 0 Å². The van der Waals surface area contributed by atoms with Crippen molar-refractivity contribution in [2.75, 3.05) is 0 Å². The number of rotatable bonds is 2. The van der Waals surface area contributed by atoms with Gasteiger partial charge in [0.25, 0.3) is 11.8 Å². The quantitative estimate of drug-likeness (QED) is 0.846. The van der Waals surface area contributed by atoms with Gasteiger partial charge in [-0.25, -0.2) is 0 Å². The molecule has 0 radical (unpaired) electrons. The van der Waals surface area contributed by atoms with Crippen molar-refractivity contribution >= 4 is 23.0 Å². The fraction of sp³-hybridized carbons (Fsp3) is 0.0588. The summed E-state index contributed by atoms with van der Waals surface area (Å²) in [6.07, 6.45) is 0. The number of amides is 2. The van der Waals surface area contributed by atoms with Gasteiger partial charge in [0.05, 0.1) is 11.1 Å². The Morgan fingerprint density at radius 1 is 0.750 bits per heavy atom. The number of carbonyl (C=O) groups excluding carboxylic acids is 2. The first-order chi connectivity index (χ1) is 9.66. The van der Waals surface area contributed by atoms with E-state index in [4.69, 9.17) is 0 Å². The molecule has 98 valence electrons. The van der Waals surface area contributed by atoms with Crippen LogP contribution in [0.25, 0.3) is 11.1 Å². The molecule has 1 aliphatic rings. The first-order valence-corrected chi connectivity index (χ1v) is 6.39. The average molecular weight is 263 g/mol. The van der Waals surface area contributed by atoms with Gasteiger partial charge in [-0.15, -0.1) is 0 Å². The second-order valence-electron chi connectivity index (χ2n) is 4.77. The first kappa shape index (κ1) is 12.4. The van der Waals surface area contributed by atoms with Gasteiger partial charge in [-0.05, 0) is 18.1 Å². The Bertz CT molecular complexity index is 730. The molecule has 3 nitrogen and oxygen atoms in total. The highest BCUT2D eigenvalue weighted by molar-refractivity contribution is 6.49. The molecule has 0 atom stereocenters. The molecular weight excluding hydrogens is 250 g/mol. The molecule has 20 heavy (non-hydrogen) atoms. The third kappa shape index (κ3) is 2.03. The van der Waals surface area contributed by atoms with Gasteiger partial charge in [0.15, 0.2) is 0 Å². The Morgan fingerprint density at radius 3 is 2.00 bits per heavy atom. The van der Waals surface area contributed by atoms with Crippen LogP contribution in [0.1, 0.15) is 16.7 Å². The van der Waals surface area contributed by atoms with Crippen LogP contribution in [0.15, 0.2) is 54.6 Å². The van der Waals surface area contributed by atoms with E-state index in [1.807, 2.05) is 61.5 Å². The summed E-state index contributed by atoms with van der Waals surface area (Å²) >= 11 is 0. The van der Waals surface area contributed by atoms with Crippen LogP contribution in [0.5, 0.6) is 0 Å². The lowest BCUT2D eigenvalue weighted by Crippen LogP contribution is -2.22. The number of aryl methyl sites for hydroxylation is 1. The molecule has 0 saturated carbocycles. The lowest BCUT2D eigenvalue weighted by atomic mass is 9.95. The second-order valence-corrected chi connectivity index (χ2v) is 4.77. The summed E-state index contributed by atoms with van der Waals surface area (Å²) in [6, 6.07) is 16.9. The fourth-order valence-electron chi connectivity index (χ4n) is 2.41. The zero-order chi connectivity index (χ0) is 14.1. The SMILES string of the molecule is Cc1cccc(C2=C(c3ccccc3)C(=O)NC2=O)c1. The van der Waals surface area contributed by atoms with E-state index < -0.39 is 0 Å². The molecule has 0 bridgehead atoms. The molecule has 1 N–H and O–H groups in total. The van der Waals surface area contributed by atoms with Crippen molar-refractivity contribution in [2.24, 2.45) is 0 Å². The molecular formula is C17H13NO2. The van der Waals surface area contributed by atoms with Gasteiger partial charge in [-0.1, -0.05) is 60.2 Å². The normalized spacial score (nSPS) is 14.7. The van der Waals surface area contributed by atoms with E-state index in [1.165, 1.54) is 0 Å². The fourth-order valence-corrected chi connectivity index (χ4v) is 2.41. The molecule has 0 saturated heterocycles. The lowest BCUT2D eigenvalue weighted by Gasteiger charge is -2.05. The Kier molecular flexibility index (Phi) is 2.95. The second kappa shape index (κ2) is 4.78. The molecule has 0 unspecified atom stereocenters. The predicted octanol–water partition coefficient (Wildman–Crippen LogP) is 2.56. The Hall–Kier alpha value is -2.68. The van der Waals surface area contributed by atoms with E-state index in [2.05, 4.69) is 5.32 Å². The summed E-state index contributed by atoms with van der Waals surface area (Å²) in [7, 11) is 0. The van der Waals surface area contributed by atoms with Crippen molar-refractivity contribution in [3.05, 3.63) is 71.3 Å². The van der Waals surface area contributed by atoms with Crippen molar-refractivity contribution in [1.29, 1.82) is 0 Å². The van der Waals surface area contributed by atoms with Crippen LogP contribution in [-0.2, 0) is 9.59 Å². The molecule has 2 aromatic rings. The molecule has 3 rings (SSSR count). The van der Waals surface area contributed by atoms with Crippen LogP contribution in [0.2, 0.25) is 0 Å². The summed E-state index contributed by atoms with van der Waals surface area (Å²) in [5.41, 5.74) is 3.47. The molecule has 2 amide bonds. The van der Waals surface area contributed by atoms with Gasteiger partial charge in [-0.3, -0.25) is 14.9 Å². The van der Waals surface area contributed by atoms with E-state index in [-0.39, 0.29) is 11.8 Å². The van der Waals surface area contributed by atoms with E-state index in [1.54, 1.807) is 0 Å². The summed E-state index contributed by atoms with van der Waals surface area (Å²) in [5, 5.41) is 2.38. The maximum absolute atomic E-state index is 12.1. The minimum absolute atomic E-state index is 0.334. The zero-order valence-corrected chi connectivity index (χ0v) is 11.0. The van der Waals surface area contributed by atoms with Gasteiger partial charge in [0.1, 0.15) is 0 Å². The molecule has 0 aliphatic carbocycles. The monoisotopic (exact) mass is 263 g/mol. The van der Waals surface area contributed by atoms with E-state index in [9.17, 15) is 9.59 Å². The van der Waals surface area contributed by atoms with Crippen molar-refractivity contribution in [3.63, 3.8) is 0 Å². The third-order valence-electron chi connectivity index (χ3n) is 3.30. The lowest BCUT2D eigenvalue weighted by molar-refractivity contribution is -0.122. The van der Waals surface area contributed by atoms with Gasteiger partial charge in [0, 0.05) is 0 Å². The van der Waals surface area contributed by atoms with Crippen molar-refractivity contribution in [3.8, 4) is 0 Å². The van der Waals surface area contributed by atoms with Crippen LogP contribution < -0.4 is 5.32 Å². The smallest absolute Gasteiger partial charge is 0.259 e. The predicted molar refractivity (Wildman–Crippen MR) is 77.6 cm³/mol. The number of imide groups is 1. The summed E-state index contributed by atoms with van der Waals surface area (Å²) in [5.74, 6) is -0.669. The largest absolute Gasteiger partial charge is 0.288 e. The standard InChI is InChI=1S/C17H13NO2/c1-11-6-5-9-13(10-11)15-14(16(19)18-17(15)20)12-7-3-2-4-8-12/h2-10H,1H3,(H,18,19,20). The minimum Gasteiger partial charge on any atom is -0.288 e. The number of hydrogen-bond acceptors (Lipinski definition) is 2. The molecule has 0 spiro atoms. The molecule has 0 fully saturated rings. The molecule has 1 heterocycles. The first-order valence-electron chi connectivity index (χ1n) is 6.39. The number of carbonyl (C=O) groups is 2. The Labute approximate surface area is 116 Å². The maximum atomic E-state index is 12.1. The van der Waals surface area contributed by atoms with Gasteiger partial charge in [-0.2, -0.15) is 0 Å². The third-order valence-corrected chi connectivity index (χ3v) is 3.30. The average Bonchev–Trinajstić information content (AvgIpc) is 2.74. The maximum Gasteiger partial charge on any atom is 0.259 e. The molecule has 0 aromatic heterocycles. The highest BCUT2D eigenvalue weighted by atomic mass is 16.2. The van der Waals surface area contributed by atoms with E-state index in [0.717, 1.165) is 16.7 Å². The van der Waals surface area contributed by atoms with Crippen LogP contribution in [0.4, 0.5) is 0 Å². The van der Waals surface area contributed by atoms with Crippen LogP contribution in [0, 0.1) is 6.92 Å². The van der Waals surface area contributed by atoms with Crippen LogP contribution in [0.3, 0.4) is 0 Å². The van der Waals surface area contributed by atoms with Crippen molar-refractivity contribution in [2.45, 2.75) is 6.92 Å². The van der Waals surface area contributed by atoms with Crippen LogP contribution in [-0.4, -0.2) is 11.8 Å². The molecule has 3 heteroatoms. The van der Waals surface area contributed by atoms with Crippen LogP contribution >= 0.6 is 0 Å². The number of benzene rings is 2.